The number of carbonyl (C=O) groups is 1. The maximum Gasteiger partial charge on any atom is 0.251 e. The maximum absolute atomic E-state index is 12.4. The van der Waals surface area contributed by atoms with Gasteiger partial charge in [0.05, 0.1) is 13.7 Å². The number of hydrogen-bond donors (Lipinski definition) is 1. The zero-order chi connectivity index (χ0) is 20.1. The quantitative estimate of drug-likeness (QED) is 0.534. The second kappa shape index (κ2) is 8.39. The molecule has 1 aromatic heterocycles. The van der Waals surface area contributed by atoms with Crippen LogP contribution < -0.4 is 10.1 Å². The third-order valence-electron chi connectivity index (χ3n) is 4.46. The second-order valence-electron chi connectivity index (χ2n) is 6.36. The first kappa shape index (κ1) is 18.4. The SMILES string of the molecule is COc1ccc(-c2nnc(CNC(=O)c3ccc(-c4ccccc4)cc3)o2)cc1. The van der Waals surface area contributed by atoms with Crippen molar-refractivity contribution in [1.82, 2.24) is 15.5 Å². The minimum Gasteiger partial charge on any atom is -0.497 e. The van der Waals surface area contributed by atoms with Crippen LogP contribution in [-0.4, -0.2) is 23.2 Å². The van der Waals surface area contributed by atoms with Gasteiger partial charge in [0.1, 0.15) is 5.75 Å². The molecule has 0 atom stereocenters. The van der Waals surface area contributed by atoms with Crippen LogP contribution >= 0.6 is 0 Å². The Kier molecular flexibility index (Phi) is 5.33. The Morgan fingerprint density at radius 1 is 0.862 bits per heavy atom. The number of nitrogens with one attached hydrogen (secondary N) is 1. The summed E-state index contributed by atoms with van der Waals surface area (Å²) in [5, 5.41) is 10.8. The van der Waals surface area contributed by atoms with E-state index in [-0.39, 0.29) is 12.5 Å². The molecule has 1 N–H and O–H groups in total. The molecule has 0 fully saturated rings. The lowest BCUT2D eigenvalue weighted by atomic mass is 10.0. The van der Waals surface area contributed by atoms with Gasteiger partial charge in [0.25, 0.3) is 5.91 Å². The van der Waals surface area contributed by atoms with Gasteiger partial charge >= 0.3 is 0 Å². The fourth-order valence-electron chi connectivity index (χ4n) is 2.88. The van der Waals surface area contributed by atoms with E-state index in [9.17, 15) is 4.79 Å². The van der Waals surface area contributed by atoms with Crippen molar-refractivity contribution in [3.8, 4) is 28.3 Å². The van der Waals surface area contributed by atoms with E-state index in [4.69, 9.17) is 9.15 Å². The van der Waals surface area contributed by atoms with Gasteiger partial charge in [0, 0.05) is 11.1 Å². The number of ether oxygens (including phenoxy) is 1. The summed E-state index contributed by atoms with van der Waals surface area (Å²) in [6, 6.07) is 24.8. The summed E-state index contributed by atoms with van der Waals surface area (Å²) in [5.74, 6) is 1.28. The van der Waals surface area contributed by atoms with Crippen molar-refractivity contribution in [3.05, 3.63) is 90.3 Å². The molecule has 6 heteroatoms. The van der Waals surface area contributed by atoms with E-state index in [0.717, 1.165) is 22.4 Å². The molecule has 1 amide bonds. The van der Waals surface area contributed by atoms with Gasteiger partial charge in [-0.2, -0.15) is 0 Å². The van der Waals surface area contributed by atoms with Gasteiger partial charge < -0.3 is 14.5 Å². The van der Waals surface area contributed by atoms with E-state index >= 15 is 0 Å². The van der Waals surface area contributed by atoms with Gasteiger partial charge in [-0.3, -0.25) is 4.79 Å². The van der Waals surface area contributed by atoms with E-state index in [1.165, 1.54) is 0 Å². The third kappa shape index (κ3) is 4.32. The van der Waals surface area contributed by atoms with Gasteiger partial charge in [-0.05, 0) is 47.5 Å². The van der Waals surface area contributed by atoms with Crippen LogP contribution in [0, 0.1) is 0 Å². The summed E-state index contributed by atoms with van der Waals surface area (Å²) in [7, 11) is 1.61. The highest BCUT2D eigenvalue weighted by Crippen LogP contribution is 2.21. The first-order valence-electron chi connectivity index (χ1n) is 9.13. The highest BCUT2D eigenvalue weighted by atomic mass is 16.5. The highest BCUT2D eigenvalue weighted by molar-refractivity contribution is 5.94. The molecule has 0 saturated carbocycles. The predicted molar refractivity (Wildman–Crippen MR) is 109 cm³/mol. The number of hydrogen-bond acceptors (Lipinski definition) is 5. The average Bonchev–Trinajstić information content (AvgIpc) is 3.27. The van der Waals surface area contributed by atoms with Crippen molar-refractivity contribution in [2.75, 3.05) is 7.11 Å². The van der Waals surface area contributed by atoms with Gasteiger partial charge in [0.15, 0.2) is 0 Å². The highest BCUT2D eigenvalue weighted by Gasteiger charge is 2.11. The van der Waals surface area contributed by atoms with Crippen LogP contribution in [0.15, 0.2) is 83.3 Å². The van der Waals surface area contributed by atoms with Crippen molar-refractivity contribution < 1.29 is 13.9 Å². The van der Waals surface area contributed by atoms with Crippen LogP contribution in [0.2, 0.25) is 0 Å². The predicted octanol–water partition coefficient (Wildman–Crippen LogP) is 4.34. The van der Waals surface area contributed by atoms with Gasteiger partial charge in [0.2, 0.25) is 11.8 Å². The Bertz CT molecular complexity index is 1090. The molecule has 4 rings (SSSR count). The van der Waals surface area contributed by atoms with Crippen molar-refractivity contribution in [2.24, 2.45) is 0 Å². The number of rotatable bonds is 6. The topological polar surface area (TPSA) is 77.3 Å². The summed E-state index contributed by atoms with van der Waals surface area (Å²) in [6.45, 7) is 0.155. The molecular formula is C23H19N3O3. The molecule has 3 aromatic carbocycles. The van der Waals surface area contributed by atoms with E-state index in [1.54, 1.807) is 19.2 Å². The molecule has 6 nitrogen and oxygen atoms in total. The third-order valence-corrected chi connectivity index (χ3v) is 4.46. The lowest BCUT2D eigenvalue weighted by Crippen LogP contribution is -2.22. The van der Waals surface area contributed by atoms with Gasteiger partial charge in [-0.25, -0.2) is 0 Å². The van der Waals surface area contributed by atoms with Crippen molar-refractivity contribution in [3.63, 3.8) is 0 Å². The first-order chi connectivity index (χ1) is 14.2. The number of nitrogens with zero attached hydrogens (tertiary/aromatic N) is 2. The summed E-state index contributed by atoms with van der Waals surface area (Å²) >= 11 is 0. The van der Waals surface area contributed by atoms with Crippen LogP contribution in [0.25, 0.3) is 22.6 Å². The molecule has 1 heterocycles. The lowest BCUT2D eigenvalue weighted by molar-refractivity contribution is 0.0947. The van der Waals surface area contributed by atoms with Crippen molar-refractivity contribution in [2.45, 2.75) is 6.54 Å². The maximum atomic E-state index is 12.4. The molecule has 144 valence electrons. The standard InChI is InChI=1S/C23H19N3O3/c1-28-20-13-11-19(12-14-20)23-26-25-21(29-23)15-24-22(27)18-9-7-17(8-10-18)16-5-3-2-4-6-16/h2-14H,15H2,1H3,(H,24,27). The Balaban J connectivity index is 1.38. The Labute approximate surface area is 168 Å². The Hall–Kier alpha value is -3.93. The van der Waals surface area contributed by atoms with E-state index < -0.39 is 0 Å². The average molecular weight is 385 g/mol. The minimum absolute atomic E-state index is 0.155. The van der Waals surface area contributed by atoms with Crippen LogP contribution in [-0.2, 0) is 6.54 Å². The number of methoxy groups -OCH3 is 1. The molecular weight excluding hydrogens is 366 g/mol. The fraction of sp³-hybridized carbons (Fsp3) is 0.0870. The smallest absolute Gasteiger partial charge is 0.251 e. The normalized spacial score (nSPS) is 10.5. The zero-order valence-electron chi connectivity index (χ0n) is 15.8. The molecule has 0 bridgehead atoms. The van der Waals surface area contributed by atoms with Crippen LogP contribution in [0.3, 0.4) is 0 Å². The van der Waals surface area contributed by atoms with Crippen molar-refractivity contribution >= 4 is 5.91 Å². The lowest BCUT2D eigenvalue weighted by Gasteiger charge is -2.05. The van der Waals surface area contributed by atoms with E-state index in [1.807, 2.05) is 66.7 Å². The molecule has 0 aliphatic rings. The van der Waals surface area contributed by atoms with Crippen molar-refractivity contribution in [1.29, 1.82) is 0 Å². The molecule has 29 heavy (non-hydrogen) atoms. The minimum atomic E-state index is -0.200. The summed E-state index contributed by atoms with van der Waals surface area (Å²) in [5.41, 5.74) is 3.52. The fourth-order valence-corrected chi connectivity index (χ4v) is 2.88. The molecule has 0 spiro atoms. The number of amides is 1. The zero-order valence-corrected chi connectivity index (χ0v) is 15.8. The molecule has 0 aliphatic carbocycles. The molecule has 0 saturated heterocycles. The molecule has 0 unspecified atom stereocenters. The Morgan fingerprint density at radius 3 is 2.21 bits per heavy atom. The van der Waals surface area contributed by atoms with E-state index in [2.05, 4.69) is 15.5 Å². The molecule has 4 aromatic rings. The van der Waals surface area contributed by atoms with Crippen LogP contribution in [0.5, 0.6) is 5.75 Å². The largest absolute Gasteiger partial charge is 0.497 e. The second-order valence-corrected chi connectivity index (χ2v) is 6.36. The molecule has 0 radical (unpaired) electrons. The summed E-state index contributed by atoms with van der Waals surface area (Å²) in [6.07, 6.45) is 0. The summed E-state index contributed by atoms with van der Waals surface area (Å²) < 4.78 is 10.8. The molecule has 0 aliphatic heterocycles. The monoisotopic (exact) mass is 385 g/mol. The number of benzene rings is 3. The van der Waals surface area contributed by atoms with Gasteiger partial charge in [-0.1, -0.05) is 42.5 Å². The van der Waals surface area contributed by atoms with Crippen LogP contribution in [0.4, 0.5) is 0 Å². The number of aromatic nitrogens is 2. The first-order valence-corrected chi connectivity index (χ1v) is 9.13. The van der Waals surface area contributed by atoms with Crippen LogP contribution in [0.1, 0.15) is 16.2 Å². The Morgan fingerprint density at radius 2 is 1.52 bits per heavy atom. The summed E-state index contributed by atoms with van der Waals surface area (Å²) in [4.78, 5) is 12.4. The van der Waals surface area contributed by atoms with E-state index in [0.29, 0.717) is 17.3 Å². The van der Waals surface area contributed by atoms with Gasteiger partial charge in [-0.15, -0.1) is 10.2 Å². The number of carbonyl (C=O) groups excluding carboxylic acids is 1.